The average Bonchev–Trinajstić information content (AvgIpc) is 2.80. The third-order valence-electron chi connectivity index (χ3n) is 6.00. The Bertz CT molecular complexity index is 1210. The van der Waals surface area contributed by atoms with Gasteiger partial charge in [0.25, 0.3) is 0 Å². The summed E-state index contributed by atoms with van der Waals surface area (Å²) < 4.78 is 27.6. The number of rotatable bonds is 5. The molecule has 1 N–H and O–H groups in total. The van der Waals surface area contributed by atoms with Crippen molar-refractivity contribution in [3.05, 3.63) is 64.8 Å². The minimum atomic E-state index is -3.75. The molecule has 33 heavy (non-hydrogen) atoms. The lowest BCUT2D eigenvalue weighted by molar-refractivity contribution is -0.129. The van der Waals surface area contributed by atoms with Gasteiger partial charge in [0.15, 0.2) is 0 Å². The molecule has 0 bridgehead atoms. The highest BCUT2D eigenvalue weighted by Gasteiger charge is 2.30. The fourth-order valence-electron chi connectivity index (χ4n) is 4.32. The largest absolute Gasteiger partial charge is 0.326 e. The van der Waals surface area contributed by atoms with Crippen LogP contribution in [0.4, 0.5) is 5.69 Å². The van der Waals surface area contributed by atoms with Crippen molar-refractivity contribution < 1.29 is 18.0 Å². The van der Waals surface area contributed by atoms with Gasteiger partial charge >= 0.3 is 0 Å². The summed E-state index contributed by atoms with van der Waals surface area (Å²) >= 11 is 6.23. The Kier molecular flexibility index (Phi) is 6.88. The Morgan fingerprint density at radius 1 is 1.09 bits per heavy atom. The summed E-state index contributed by atoms with van der Waals surface area (Å²) in [6.07, 6.45) is 6.20. The number of benzene rings is 2. The van der Waals surface area contributed by atoms with Crippen LogP contribution < -0.4 is 5.32 Å². The van der Waals surface area contributed by atoms with Crippen LogP contribution in [0.3, 0.4) is 0 Å². The highest BCUT2D eigenvalue weighted by Crippen LogP contribution is 2.34. The zero-order valence-corrected chi connectivity index (χ0v) is 19.9. The molecule has 9 heteroatoms. The van der Waals surface area contributed by atoms with Gasteiger partial charge in [-0.15, -0.1) is 0 Å². The Labute approximate surface area is 199 Å². The van der Waals surface area contributed by atoms with Crippen LogP contribution in [0.2, 0.25) is 5.02 Å². The molecule has 1 fully saturated rings. The molecule has 1 saturated heterocycles. The van der Waals surface area contributed by atoms with Crippen molar-refractivity contribution in [2.45, 2.75) is 43.5 Å². The smallest absolute Gasteiger partial charge is 0.244 e. The predicted molar refractivity (Wildman–Crippen MR) is 128 cm³/mol. The van der Waals surface area contributed by atoms with Crippen LogP contribution in [-0.2, 0) is 19.6 Å². The lowest BCUT2D eigenvalue weighted by atomic mass is 9.93. The lowest BCUT2D eigenvalue weighted by Gasteiger charge is -2.32. The van der Waals surface area contributed by atoms with Gasteiger partial charge in [-0.1, -0.05) is 42.3 Å². The summed E-state index contributed by atoms with van der Waals surface area (Å²) in [5, 5.41) is 2.90. The minimum absolute atomic E-state index is 0.0137. The quantitative estimate of drug-likeness (QED) is 0.676. The number of piperidine rings is 1. The van der Waals surface area contributed by atoms with Gasteiger partial charge in [-0.05, 0) is 48.2 Å². The van der Waals surface area contributed by atoms with Crippen LogP contribution in [-0.4, -0.2) is 42.5 Å². The zero-order valence-electron chi connectivity index (χ0n) is 18.3. The number of carbonyl (C=O) groups is 2. The SMILES string of the molecule is CC(=O)N1C=Cc2ccccc2[C@@H]1CC(=O)Nc1ccc(Cl)c(S(=O)(=O)N2CCCCC2)c1. The summed E-state index contributed by atoms with van der Waals surface area (Å²) in [4.78, 5) is 26.6. The van der Waals surface area contributed by atoms with Crippen LogP contribution in [0.5, 0.6) is 0 Å². The first-order valence-electron chi connectivity index (χ1n) is 10.9. The van der Waals surface area contributed by atoms with E-state index >= 15 is 0 Å². The summed E-state index contributed by atoms with van der Waals surface area (Å²) in [7, 11) is -3.75. The molecule has 7 nitrogen and oxygen atoms in total. The van der Waals surface area contributed by atoms with Crippen LogP contribution >= 0.6 is 11.6 Å². The average molecular weight is 488 g/mol. The lowest BCUT2D eigenvalue weighted by Crippen LogP contribution is -2.35. The number of hydrogen-bond acceptors (Lipinski definition) is 4. The van der Waals surface area contributed by atoms with Gasteiger partial charge in [-0.2, -0.15) is 4.31 Å². The number of hydrogen-bond donors (Lipinski definition) is 1. The Morgan fingerprint density at radius 3 is 2.55 bits per heavy atom. The molecular formula is C24H26ClN3O4S. The molecule has 1 atom stereocenters. The number of anilines is 1. The topological polar surface area (TPSA) is 86.8 Å². The highest BCUT2D eigenvalue weighted by atomic mass is 35.5. The Balaban J connectivity index is 1.55. The molecular weight excluding hydrogens is 462 g/mol. The fraction of sp³-hybridized carbons (Fsp3) is 0.333. The van der Waals surface area contributed by atoms with E-state index in [1.165, 1.54) is 28.3 Å². The number of halogens is 1. The number of fused-ring (bicyclic) bond motifs is 1. The van der Waals surface area contributed by atoms with E-state index in [4.69, 9.17) is 11.6 Å². The molecule has 0 saturated carbocycles. The van der Waals surface area contributed by atoms with Gasteiger partial charge < -0.3 is 10.2 Å². The van der Waals surface area contributed by atoms with Crippen molar-refractivity contribution >= 4 is 45.2 Å². The molecule has 4 rings (SSSR count). The van der Waals surface area contributed by atoms with E-state index < -0.39 is 16.1 Å². The zero-order chi connectivity index (χ0) is 23.6. The third-order valence-corrected chi connectivity index (χ3v) is 8.38. The second kappa shape index (κ2) is 9.67. The number of nitrogens with one attached hydrogen (secondary N) is 1. The van der Waals surface area contributed by atoms with E-state index in [-0.39, 0.29) is 28.2 Å². The molecule has 2 aromatic carbocycles. The van der Waals surface area contributed by atoms with E-state index in [0.29, 0.717) is 18.8 Å². The van der Waals surface area contributed by atoms with Crippen molar-refractivity contribution in [3.8, 4) is 0 Å². The second-order valence-electron chi connectivity index (χ2n) is 8.25. The normalized spacial score (nSPS) is 18.6. The van der Waals surface area contributed by atoms with E-state index in [1.54, 1.807) is 12.3 Å². The Hall–Kier alpha value is -2.68. The molecule has 174 valence electrons. The molecule has 2 amide bonds. The summed E-state index contributed by atoms with van der Waals surface area (Å²) in [5.41, 5.74) is 2.18. The maximum atomic E-state index is 13.1. The molecule has 0 unspecified atom stereocenters. The van der Waals surface area contributed by atoms with Gasteiger partial charge in [-0.3, -0.25) is 9.59 Å². The van der Waals surface area contributed by atoms with Gasteiger partial charge in [0.2, 0.25) is 21.8 Å². The maximum absolute atomic E-state index is 13.1. The molecule has 0 spiro atoms. The number of nitrogens with zero attached hydrogens (tertiary/aromatic N) is 2. The van der Waals surface area contributed by atoms with E-state index in [0.717, 1.165) is 30.4 Å². The molecule has 0 radical (unpaired) electrons. The van der Waals surface area contributed by atoms with Crippen LogP contribution in [0.1, 0.15) is 49.8 Å². The third kappa shape index (κ3) is 4.98. The number of carbonyl (C=O) groups excluding carboxylic acids is 2. The van der Waals surface area contributed by atoms with E-state index in [2.05, 4.69) is 5.32 Å². The van der Waals surface area contributed by atoms with E-state index in [9.17, 15) is 18.0 Å². The number of sulfonamides is 1. The van der Waals surface area contributed by atoms with Crippen molar-refractivity contribution in [1.82, 2.24) is 9.21 Å². The van der Waals surface area contributed by atoms with Crippen molar-refractivity contribution in [2.24, 2.45) is 0 Å². The highest BCUT2D eigenvalue weighted by molar-refractivity contribution is 7.89. The monoisotopic (exact) mass is 487 g/mol. The summed E-state index contributed by atoms with van der Waals surface area (Å²) in [6.45, 7) is 2.38. The molecule has 0 aromatic heterocycles. The molecule has 2 heterocycles. The van der Waals surface area contributed by atoms with Gasteiger partial charge in [0, 0.05) is 31.9 Å². The van der Waals surface area contributed by atoms with Crippen LogP contribution in [0.15, 0.2) is 53.6 Å². The summed E-state index contributed by atoms with van der Waals surface area (Å²) in [5.74, 6) is -0.500. The van der Waals surface area contributed by atoms with Crippen molar-refractivity contribution in [1.29, 1.82) is 0 Å². The standard InChI is InChI=1S/C24H26ClN3O4S/c1-17(29)28-14-11-18-7-3-4-8-20(18)22(28)16-24(30)26-19-9-10-21(25)23(15-19)33(31,32)27-12-5-2-6-13-27/h3-4,7-11,14-15,22H,2,5-6,12-13,16H2,1H3,(H,26,30)/t22-/m0/s1. The van der Waals surface area contributed by atoms with Crippen molar-refractivity contribution in [2.75, 3.05) is 18.4 Å². The molecule has 2 aromatic rings. The van der Waals surface area contributed by atoms with Gasteiger partial charge in [-0.25, -0.2) is 8.42 Å². The minimum Gasteiger partial charge on any atom is -0.326 e. The Morgan fingerprint density at radius 2 is 1.82 bits per heavy atom. The molecule has 2 aliphatic rings. The van der Waals surface area contributed by atoms with E-state index in [1.807, 2.05) is 30.3 Å². The molecule has 0 aliphatic carbocycles. The van der Waals surface area contributed by atoms with Crippen LogP contribution in [0, 0.1) is 0 Å². The fourth-order valence-corrected chi connectivity index (χ4v) is 6.34. The van der Waals surface area contributed by atoms with Crippen molar-refractivity contribution in [3.63, 3.8) is 0 Å². The number of amides is 2. The van der Waals surface area contributed by atoms with Gasteiger partial charge in [0.1, 0.15) is 4.90 Å². The second-order valence-corrected chi connectivity index (χ2v) is 10.6. The predicted octanol–water partition coefficient (Wildman–Crippen LogP) is 4.42. The molecule has 2 aliphatic heterocycles. The first-order chi connectivity index (χ1) is 15.8. The maximum Gasteiger partial charge on any atom is 0.244 e. The van der Waals surface area contributed by atoms with Gasteiger partial charge in [0.05, 0.1) is 17.5 Å². The van der Waals surface area contributed by atoms with Crippen LogP contribution in [0.25, 0.3) is 6.08 Å². The summed E-state index contributed by atoms with van der Waals surface area (Å²) in [6, 6.07) is 11.6. The first kappa shape index (κ1) is 23.5. The first-order valence-corrected chi connectivity index (χ1v) is 12.7.